The molecule has 0 aliphatic heterocycles. The number of hydrogen-bond acceptors (Lipinski definition) is 2. The first kappa shape index (κ1) is 10.6. The first-order valence-electron chi connectivity index (χ1n) is 6.54. The third-order valence-electron chi connectivity index (χ3n) is 3.52. The average Bonchev–Trinajstić information content (AvgIpc) is 2.39. The van der Waals surface area contributed by atoms with Crippen molar-refractivity contribution >= 4 is 16.6 Å². The Morgan fingerprint density at radius 2 is 2.00 bits per heavy atom. The van der Waals surface area contributed by atoms with Gasteiger partial charge in [-0.1, -0.05) is 18.2 Å². The van der Waals surface area contributed by atoms with Gasteiger partial charge in [-0.25, -0.2) is 0 Å². The zero-order valence-corrected chi connectivity index (χ0v) is 10.3. The molecule has 0 fully saturated rings. The van der Waals surface area contributed by atoms with E-state index in [9.17, 15) is 0 Å². The number of aromatic nitrogens is 1. The second-order valence-corrected chi connectivity index (χ2v) is 4.67. The molecule has 2 nitrogen and oxygen atoms in total. The highest BCUT2D eigenvalue weighted by Crippen LogP contribution is 2.32. The molecule has 1 aliphatic carbocycles. The fourth-order valence-corrected chi connectivity index (χ4v) is 2.75. The van der Waals surface area contributed by atoms with E-state index in [0.29, 0.717) is 0 Å². The van der Waals surface area contributed by atoms with Gasteiger partial charge in [0.1, 0.15) is 0 Å². The summed E-state index contributed by atoms with van der Waals surface area (Å²) in [4.78, 5) is 4.82. The number of nitrogens with zero attached hydrogens (tertiary/aromatic N) is 1. The molecule has 0 atom stereocenters. The molecule has 0 radical (unpaired) electrons. The fraction of sp³-hybridized carbons (Fsp3) is 0.400. The van der Waals surface area contributed by atoms with E-state index in [1.54, 1.807) is 0 Å². The van der Waals surface area contributed by atoms with E-state index in [2.05, 4.69) is 36.5 Å². The molecular formula is C15H18N2. The van der Waals surface area contributed by atoms with Gasteiger partial charge < -0.3 is 5.32 Å². The van der Waals surface area contributed by atoms with Gasteiger partial charge in [0.25, 0.3) is 0 Å². The Labute approximate surface area is 102 Å². The molecular weight excluding hydrogens is 208 g/mol. The van der Waals surface area contributed by atoms with Crippen molar-refractivity contribution in [3.8, 4) is 0 Å². The van der Waals surface area contributed by atoms with Crippen LogP contribution < -0.4 is 5.32 Å². The molecule has 0 saturated carbocycles. The zero-order valence-electron chi connectivity index (χ0n) is 10.3. The van der Waals surface area contributed by atoms with E-state index in [1.165, 1.54) is 41.6 Å². The molecule has 88 valence electrons. The van der Waals surface area contributed by atoms with Gasteiger partial charge in [-0.15, -0.1) is 0 Å². The van der Waals surface area contributed by atoms with Crippen molar-refractivity contribution in [2.24, 2.45) is 0 Å². The van der Waals surface area contributed by atoms with Crippen molar-refractivity contribution in [2.75, 3.05) is 11.9 Å². The van der Waals surface area contributed by atoms with Crippen molar-refractivity contribution in [3.05, 3.63) is 35.5 Å². The van der Waals surface area contributed by atoms with E-state index in [1.807, 2.05) is 0 Å². The van der Waals surface area contributed by atoms with Crippen molar-refractivity contribution < 1.29 is 0 Å². The lowest BCUT2D eigenvalue weighted by atomic mass is 9.92. The first-order chi connectivity index (χ1) is 8.40. The molecule has 17 heavy (non-hydrogen) atoms. The molecule has 1 heterocycles. The summed E-state index contributed by atoms with van der Waals surface area (Å²) in [6.45, 7) is 3.13. The van der Waals surface area contributed by atoms with Gasteiger partial charge in [0.2, 0.25) is 0 Å². The number of nitrogens with one attached hydrogen (secondary N) is 1. The third-order valence-corrected chi connectivity index (χ3v) is 3.52. The van der Waals surface area contributed by atoms with Crippen molar-refractivity contribution in [1.82, 2.24) is 4.98 Å². The number of pyridine rings is 1. The molecule has 3 rings (SSSR count). The van der Waals surface area contributed by atoms with Crippen LogP contribution in [0.4, 0.5) is 5.69 Å². The van der Waals surface area contributed by atoms with Gasteiger partial charge in [0, 0.05) is 23.3 Å². The molecule has 1 aliphatic rings. The maximum atomic E-state index is 4.82. The molecule has 0 amide bonds. The Hall–Kier alpha value is -1.57. The number of aryl methyl sites for hydroxylation is 1. The Balaban J connectivity index is 2.28. The van der Waals surface area contributed by atoms with Crippen LogP contribution in [0.25, 0.3) is 10.9 Å². The lowest BCUT2D eigenvalue weighted by Crippen LogP contribution is -2.11. The van der Waals surface area contributed by atoms with Crippen molar-refractivity contribution in [1.29, 1.82) is 0 Å². The van der Waals surface area contributed by atoms with Crippen molar-refractivity contribution in [3.63, 3.8) is 0 Å². The molecule has 1 aromatic heterocycles. The fourth-order valence-electron chi connectivity index (χ4n) is 2.75. The molecule has 0 spiro atoms. The molecule has 1 N–H and O–H groups in total. The molecule has 1 aromatic carbocycles. The topological polar surface area (TPSA) is 24.9 Å². The Kier molecular flexibility index (Phi) is 2.71. The van der Waals surface area contributed by atoms with Gasteiger partial charge >= 0.3 is 0 Å². The third kappa shape index (κ3) is 1.78. The molecule has 2 aromatic rings. The molecule has 0 saturated heterocycles. The predicted octanol–water partition coefficient (Wildman–Crippen LogP) is 3.55. The monoisotopic (exact) mass is 226 g/mol. The number of fused-ring (bicyclic) bond motifs is 2. The second-order valence-electron chi connectivity index (χ2n) is 4.67. The van der Waals surface area contributed by atoms with Crippen LogP contribution in [0, 0.1) is 0 Å². The van der Waals surface area contributed by atoms with Gasteiger partial charge in [-0.2, -0.15) is 0 Å². The first-order valence-corrected chi connectivity index (χ1v) is 6.54. The summed E-state index contributed by atoms with van der Waals surface area (Å²) in [6, 6.07) is 8.46. The maximum absolute atomic E-state index is 4.82. The number of rotatable bonds is 2. The van der Waals surface area contributed by atoms with Crippen LogP contribution in [0.1, 0.15) is 31.0 Å². The van der Waals surface area contributed by atoms with Gasteiger partial charge in [-0.05, 0) is 44.2 Å². The summed E-state index contributed by atoms with van der Waals surface area (Å²) in [5.74, 6) is 0. The lowest BCUT2D eigenvalue weighted by Gasteiger charge is -2.21. The average molecular weight is 226 g/mol. The van der Waals surface area contributed by atoms with E-state index >= 15 is 0 Å². The highest BCUT2D eigenvalue weighted by atomic mass is 14.9. The highest BCUT2D eigenvalue weighted by molar-refractivity contribution is 5.93. The van der Waals surface area contributed by atoms with Crippen LogP contribution in [0.3, 0.4) is 0 Å². The summed E-state index contributed by atoms with van der Waals surface area (Å²) in [7, 11) is 0. The Bertz CT molecular complexity index is 546. The van der Waals surface area contributed by atoms with Crippen LogP contribution >= 0.6 is 0 Å². The van der Waals surface area contributed by atoms with E-state index in [-0.39, 0.29) is 0 Å². The van der Waals surface area contributed by atoms with Crippen LogP contribution in [-0.4, -0.2) is 11.5 Å². The van der Waals surface area contributed by atoms with Gasteiger partial charge in [0.05, 0.1) is 5.52 Å². The van der Waals surface area contributed by atoms with Crippen LogP contribution in [0.5, 0.6) is 0 Å². The lowest BCUT2D eigenvalue weighted by molar-refractivity contribution is 0.672. The minimum Gasteiger partial charge on any atom is -0.384 e. The minimum absolute atomic E-state index is 0.973. The van der Waals surface area contributed by atoms with E-state index in [0.717, 1.165) is 18.5 Å². The molecule has 2 heteroatoms. The molecule has 0 bridgehead atoms. The van der Waals surface area contributed by atoms with Gasteiger partial charge in [-0.3, -0.25) is 4.98 Å². The highest BCUT2D eigenvalue weighted by Gasteiger charge is 2.17. The largest absolute Gasteiger partial charge is 0.384 e. The Morgan fingerprint density at radius 3 is 2.88 bits per heavy atom. The van der Waals surface area contributed by atoms with Crippen LogP contribution in [0.2, 0.25) is 0 Å². The number of anilines is 1. The summed E-state index contributed by atoms with van der Waals surface area (Å²) in [5, 5.41) is 4.81. The minimum atomic E-state index is 0.973. The number of para-hydroxylation sites is 1. The van der Waals surface area contributed by atoms with Crippen LogP contribution in [-0.2, 0) is 12.8 Å². The van der Waals surface area contributed by atoms with E-state index in [4.69, 9.17) is 4.98 Å². The quantitative estimate of drug-likeness (QED) is 0.847. The summed E-state index contributed by atoms with van der Waals surface area (Å²) in [6.07, 6.45) is 4.89. The summed E-state index contributed by atoms with van der Waals surface area (Å²) >= 11 is 0. The SMILES string of the molecule is CCNc1c2c(nc3ccccc13)CCCC2. The standard InChI is InChI=1S/C15H18N2/c1-2-16-15-11-7-3-5-9-13(11)17-14-10-6-4-8-12(14)15/h3,5,7,9H,2,4,6,8,10H2,1H3,(H,16,17). The van der Waals surface area contributed by atoms with Crippen molar-refractivity contribution in [2.45, 2.75) is 32.6 Å². The smallest absolute Gasteiger partial charge is 0.0726 e. The second kappa shape index (κ2) is 4.36. The predicted molar refractivity (Wildman–Crippen MR) is 72.5 cm³/mol. The Morgan fingerprint density at radius 1 is 1.18 bits per heavy atom. The number of hydrogen-bond donors (Lipinski definition) is 1. The summed E-state index contributed by atoms with van der Waals surface area (Å²) < 4.78 is 0. The van der Waals surface area contributed by atoms with Crippen LogP contribution in [0.15, 0.2) is 24.3 Å². The van der Waals surface area contributed by atoms with Gasteiger partial charge in [0.15, 0.2) is 0 Å². The number of benzene rings is 1. The maximum Gasteiger partial charge on any atom is 0.0726 e. The normalized spacial score (nSPS) is 14.6. The zero-order chi connectivity index (χ0) is 11.7. The van der Waals surface area contributed by atoms with E-state index < -0.39 is 0 Å². The summed E-state index contributed by atoms with van der Waals surface area (Å²) in [5.41, 5.74) is 5.22. The molecule has 0 unspecified atom stereocenters.